The maximum atomic E-state index is 12.0. The maximum absolute atomic E-state index is 12.0. The molecule has 2 rings (SSSR count). The quantitative estimate of drug-likeness (QED) is 0.813. The molecule has 21 heavy (non-hydrogen) atoms. The first-order valence-electron chi connectivity index (χ1n) is 7.47. The molecule has 1 amide bonds. The summed E-state index contributed by atoms with van der Waals surface area (Å²) in [6.45, 7) is 2.91. The van der Waals surface area contributed by atoms with Crippen LogP contribution in [0.1, 0.15) is 18.0 Å². The first-order valence-corrected chi connectivity index (χ1v) is 7.47. The minimum Gasteiger partial charge on any atom is -0.375 e. The lowest BCUT2D eigenvalue weighted by atomic mass is 10.1. The fraction of sp³-hybridized carbons (Fsp3) is 0.562. The van der Waals surface area contributed by atoms with Crippen LogP contribution in [0.3, 0.4) is 0 Å². The third-order valence-corrected chi connectivity index (χ3v) is 3.72. The number of amides is 1. The van der Waals surface area contributed by atoms with Gasteiger partial charge in [-0.1, -0.05) is 30.3 Å². The highest BCUT2D eigenvalue weighted by molar-refractivity contribution is 5.76. The fourth-order valence-electron chi connectivity index (χ4n) is 2.51. The predicted octanol–water partition coefficient (Wildman–Crippen LogP) is 0.784. The van der Waals surface area contributed by atoms with Gasteiger partial charge >= 0.3 is 0 Å². The van der Waals surface area contributed by atoms with Crippen LogP contribution in [0.25, 0.3) is 0 Å². The number of nitrogens with one attached hydrogen (secondary N) is 2. The average molecular weight is 291 g/mol. The molecule has 116 valence electrons. The normalized spacial score (nSPS) is 20.2. The third-order valence-electron chi connectivity index (χ3n) is 3.72. The van der Waals surface area contributed by atoms with Gasteiger partial charge in [0, 0.05) is 19.6 Å². The van der Waals surface area contributed by atoms with E-state index in [1.807, 2.05) is 32.3 Å². The second kappa shape index (κ2) is 8.12. The van der Waals surface area contributed by atoms with E-state index in [-0.39, 0.29) is 18.1 Å². The number of rotatable bonds is 6. The van der Waals surface area contributed by atoms with E-state index in [2.05, 4.69) is 27.7 Å². The molecule has 0 aliphatic carbocycles. The van der Waals surface area contributed by atoms with E-state index < -0.39 is 0 Å². The zero-order valence-electron chi connectivity index (χ0n) is 12.8. The van der Waals surface area contributed by atoms with Crippen molar-refractivity contribution in [2.24, 2.45) is 0 Å². The molecular formula is C16H25N3O2. The number of carbonyl (C=O) groups is 1. The molecular weight excluding hydrogens is 266 g/mol. The molecule has 5 nitrogen and oxygen atoms in total. The second-order valence-electron chi connectivity index (χ2n) is 5.60. The van der Waals surface area contributed by atoms with Gasteiger partial charge in [-0.25, -0.2) is 0 Å². The Kier molecular flexibility index (Phi) is 6.17. The lowest BCUT2D eigenvalue weighted by Crippen LogP contribution is -2.42. The van der Waals surface area contributed by atoms with Crippen LogP contribution in [-0.2, 0) is 9.53 Å². The van der Waals surface area contributed by atoms with Crippen molar-refractivity contribution in [1.29, 1.82) is 0 Å². The topological polar surface area (TPSA) is 53.6 Å². The van der Waals surface area contributed by atoms with Crippen LogP contribution in [0.15, 0.2) is 30.3 Å². The third kappa shape index (κ3) is 5.12. The second-order valence-corrected chi connectivity index (χ2v) is 5.60. The van der Waals surface area contributed by atoms with E-state index in [9.17, 15) is 4.79 Å². The van der Waals surface area contributed by atoms with Gasteiger partial charge in [0.05, 0.1) is 25.2 Å². The summed E-state index contributed by atoms with van der Waals surface area (Å²) >= 11 is 0. The molecule has 0 bridgehead atoms. The number of morpholine rings is 1. The summed E-state index contributed by atoms with van der Waals surface area (Å²) in [5.41, 5.74) is 1.21. The minimum absolute atomic E-state index is 0.00622. The number of likely N-dealkylation sites (N-methyl/N-ethyl adjacent to an activating group) is 1. The molecule has 0 saturated carbocycles. The van der Waals surface area contributed by atoms with Crippen molar-refractivity contribution in [1.82, 2.24) is 15.5 Å². The highest BCUT2D eigenvalue weighted by Gasteiger charge is 2.19. The van der Waals surface area contributed by atoms with Crippen molar-refractivity contribution in [3.05, 3.63) is 35.9 Å². The standard InChI is InChI=1S/C16H25N3O2/c1-19(2)15(13-6-4-3-5-7-13)12-18-16(20)10-14-11-17-8-9-21-14/h3-7,14-15,17H,8-12H2,1-2H3,(H,18,20). The molecule has 0 radical (unpaired) electrons. The summed E-state index contributed by atoms with van der Waals surface area (Å²) in [4.78, 5) is 14.2. The van der Waals surface area contributed by atoms with Crippen molar-refractivity contribution in [2.75, 3.05) is 40.3 Å². The van der Waals surface area contributed by atoms with E-state index >= 15 is 0 Å². The molecule has 2 atom stereocenters. The summed E-state index contributed by atoms with van der Waals surface area (Å²) in [5.74, 6) is 0.0477. The van der Waals surface area contributed by atoms with Gasteiger partial charge in [-0.2, -0.15) is 0 Å². The molecule has 5 heteroatoms. The molecule has 1 heterocycles. The summed E-state index contributed by atoms with van der Waals surface area (Å²) in [5, 5.41) is 6.26. The predicted molar refractivity (Wildman–Crippen MR) is 83.1 cm³/mol. The molecule has 2 N–H and O–H groups in total. The number of benzene rings is 1. The van der Waals surface area contributed by atoms with E-state index in [0.717, 1.165) is 13.1 Å². The van der Waals surface area contributed by atoms with Crippen LogP contribution < -0.4 is 10.6 Å². The van der Waals surface area contributed by atoms with Gasteiger partial charge in [0.15, 0.2) is 0 Å². The van der Waals surface area contributed by atoms with E-state index in [4.69, 9.17) is 4.74 Å². The molecule has 1 saturated heterocycles. The van der Waals surface area contributed by atoms with Crippen molar-refractivity contribution in [3.63, 3.8) is 0 Å². The van der Waals surface area contributed by atoms with Gasteiger partial charge < -0.3 is 20.3 Å². The number of carbonyl (C=O) groups excluding carboxylic acids is 1. The first-order chi connectivity index (χ1) is 10.2. The maximum Gasteiger partial charge on any atom is 0.222 e. The van der Waals surface area contributed by atoms with Gasteiger partial charge in [0.1, 0.15) is 0 Å². The van der Waals surface area contributed by atoms with E-state index in [0.29, 0.717) is 19.6 Å². The fourth-order valence-corrected chi connectivity index (χ4v) is 2.51. The van der Waals surface area contributed by atoms with Gasteiger partial charge in [0.25, 0.3) is 0 Å². The van der Waals surface area contributed by atoms with Crippen molar-refractivity contribution >= 4 is 5.91 Å². The van der Waals surface area contributed by atoms with Crippen molar-refractivity contribution in [2.45, 2.75) is 18.6 Å². The Morgan fingerprint density at radius 3 is 2.81 bits per heavy atom. The van der Waals surface area contributed by atoms with Gasteiger partial charge in [-0.3, -0.25) is 4.79 Å². The number of hydrogen-bond donors (Lipinski definition) is 2. The first kappa shape index (κ1) is 15.9. The zero-order valence-corrected chi connectivity index (χ0v) is 12.8. The van der Waals surface area contributed by atoms with Crippen LogP contribution in [-0.4, -0.2) is 57.2 Å². The van der Waals surface area contributed by atoms with Crippen LogP contribution in [0.2, 0.25) is 0 Å². The zero-order chi connectivity index (χ0) is 15.1. The average Bonchev–Trinajstić information content (AvgIpc) is 2.49. The molecule has 1 aromatic rings. The van der Waals surface area contributed by atoms with Gasteiger partial charge in [-0.05, 0) is 19.7 Å². The molecule has 1 aliphatic heterocycles. The summed E-state index contributed by atoms with van der Waals surface area (Å²) in [7, 11) is 4.05. The largest absolute Gasteiger partial charge is 0.375 e. The highest BCUT2D eigenvalue weighted by atomic mass is 16.5. The van der Waals surface area contributed by atoms with Gasteiger partial charge in [-0.15, -0.1) is 0 Å². The molecule has 2 unspecified atom stereocenters. The number of ether oxygens (including phenoxy) is 1. The lowest BCUT2D eigenvalue weighted by molar-refractivity contribution is -0.124. The van der Waals surface area contributed by atoms with E-state index in [1.165, 1.54) is 5.56 Å². The Morgan fingerprint density at radius 1 is 1.43 bits per heavy atom. The minimum atomic E-state index is -0.00622. The molecule has 0 aromatic heterocycles. The Hall–Kier alpha value is -1.43. The van der Waals surface area contributed by atoms with Gasteiger partial charge in [0.2, 0.25) is 5.91 Å². The summed E-state index contributed by atoms with van der Waals surface area (Å²) in [6.07, 6.45) is 0.412. The Balaban J connectivity index is 1.82. The van der Waals surface area contributed by atoms with Crippen molar-refractivity contribution < 1.29 is 9.53 Å². The Morgan fingerprint density at radius 2 is 2.19 bits per heavy atom. The number of hydrogen-bond acceptors (Lipinski definition) is 4. The summed E-state index contributed by atoms with van der Waals surface area (Å²) in [6, 6.07) is 10.4. The van der Waals surface area contributed by atoms with Crippen LogP contribution in [0.4, 0.5) is 0 Å². The Bertz CT molecular complexity index is 430. The SMILES string of the molecule is CN(C)C(CNC(=O)CC1CNCCO1)c1ccccc1. The molecule has 1 aromatic carbocycles. The summed E-state index contributed by atoms with van der Waals surface area (Å²) < 4.78 is 5.55. The molecule has 1 fully saturated rings. The number of nitrogens with zero attached hydrogens (tertiary/aromatic N) is 1. The lowest BCUT2D eigenvalue weighted by Gasteiger charge is -2.26. The van der Waals surface area contributed by atoms with Crippen LogP contribution >= 0.6 is 0 Å². The smallest absolute Gasteiger partial charge is 0.222 e. The van der Waals surface area contributed by atoms with E-state index in [1.54, 1.807) is 0 Å². The highest BCUT2D eigenvalue weighted by Crippen LogP contribution is 2.16. The van der Waals surface area contributed by atoms with Crippen LogP contribution in [0, 0.1) is 0 Å². The van der Waals surface area contributed by atoms with Crippen LogP contribution in [0.5, 0.6) is 0 Å². The van der Waals surface area contributed by atoms with Crippen molar-refractivity contribution in [3.8, 4) is 0 Å². The monoisotopic (exact) mass is 291 g/mol. The molecule has 0 spiro atoms. The Labute approximate surface area is 126 Å². The molecule has 1 aliphatic rings.